The van der Waals surface area contributed by atoms with E-state index in [9.17, 15) is 4.79 Å². The summed E-state index contributed by atoms with van der Waals surface area (Å²) in [4.78, 5) is 11.5. The Labute approximate surface area is 49.2 Å². The molecule has 0 radical (unpaired) electrons. The summed E-state index contributed by atoms with van der Waals surface area (Å²) in [5.74, 6) is 0. The molecule has 3 nitrogen and oxygen atoms in total. The summed E-state index contributed by atoms with van der Waals surface area (Å²) in [7, 11) is 1.88. The van der Waals surface area contributed by atoms with Crippen molar-refractivity contribution < 1.29 is 9.53 Å². The molecule has 0 aliphatic heterocycles. The minimum absolute atomic E-state index is 0.389. The van der Waals surface area contributed by atoms with Gasteiger partial charge in [-0.05, 0) is 13.6 Å². The molecule has 0 heterocycles. The van der Waals surface area contributed by atoms with Crippen molar-refractivity contribution >= 4 is 6.47 Å². The van der Waals surface area contributed by atoms with Gasteiger partial charge < -0.3 is 4.74 Å². The van der Waals surface area contributed by atoms with Gasteiger partial charge in [-0.2, -0.15) is 0 Å². The number of carbonyl (C=O) groups is 1. The lowest BCUT2D eigenvalue weighted by Gasteiger charge is -2.10. The molecule has 0 aromatic carbocycles. The third-order valence-electron chi connectivity index (χ3n) is 0.903. The standard InChI is InChI=1S/C5H11NO2/c1-3-6(2)4-8-5-7/h5H,3-4H2,1-2H3. The molecule has 0 N–H and O–H groups in total. The first kappa shape index (κ1) is 7.43. The number of ether oxygens (including phenoxy) is 1. The zero-order chi connectivity index (χ0) is 6.41. The Kier molecular flexibility index (Phi) is 4.26. The predicted octanol–water partition coefficient (Wildman–Crippen LogP) is 0.0686. The number of nitrogens with zero attached hydrogens (tertiary/aromatic N) is 1. The van der Waals surface area contributed by atoms with E-state index >= 15 is 0 Å². The molecule has 0 unspecified atom stereocenters. The van der Waals surface area contributed by atoms with Crippen molar-refractivity contribution in [3.63, 3.8) is 0 Å². The van der Waals surface area contributed by atoms with Crippen LogP contribution >= 0.6 is 0 Å². The molecular weight excluding hydrogens is 106 g/mol. The van der Waals surface area contributed by atoms with E-state index in [1.165, 1.54) is 0 Å². The van der Waals surface area contributed by atoms with Crippen LogP contribution in [0.1, 0.15) is 6.92 Å². The fourth-order valence-electron chi connectivity index (χ4n) is 0.249. The molecule has 0 bridgehead atoms. The molecule has 48 valence electrons. The van der Waals surface area contributed by atoms with Gasteiger partial charge in [0, 0.05) is 0 Å². The van der Waals surface area contributed by atoms with Crippen LogP contribution in [-0.2, 0) is 9.53 Å². The van der Waals surface area contributed by atoms with Crippen molar-refractivity contribution in [3.05, 3.63) is 0 Å². The summed E-state index contributed by atoms with van der Waals surface area (Å²) in [6, 6.07) is 0. The maximum atomic E-state index is 9.58. The van der Waals surface area contributed by atoms with Gasteiger partial charge in [0.05, 0.1) is 0 Å². The quantitative estimate of drug-likeness (QED) is 0.385. The minimum Gasteiger partial charge on any atom is -0.452 e. The number of hydrogen-bond acceptors (Lipinski definition) is 3. The van der Waals surface area contributed by atoms with Gasteiger partial charge in [-0.25, -0.2) is 0 Å². The van der Waals surface area contributed by atoms with Crippen LogP contribution in [0.4, 0.5) is 0 Å². The van der Waals surface area contributed by atoms with Crippen molar-refractivity contribution in [1.29, 1.82) is 0 Å². The molecule has 0 aromatic rings. The van der Waals surface area contributed by atoms with E-state index in [0.717, 1.165) is 6.54 Å². The molecule has 0 aliphatic carbocycles. The van der Waals surface area contributed by atoms with E-state index in [4.69, 9.17) is 0 Å². The van der Waals surface area contributed by atoms with Crippen LogP contribution in [0, 0.1) is 0 Å². The van der Waals surface area contributed by atoms with Crippen LogP contribution in [0.5, 0.6) is 0 Å². The van der Waals surface area contributed by atoms with E-state index in [0.29, 0.717) is 13.2 Å². The number of hydrogen-bond donors (Lipinski definition) is 0. The van der Waals surface area contributed by atoms with E-state index in [1.807, 2.05) is 18.9 Å². The zero-order valence-corrected chi connectivity index (χ0v) is 5.26. The fourth-order valence-corrected chi connectivity index (χ4v) is 0.249. The first-order chi connectivity index (χ1) is 3.81. The third-order valence-corrected chi connectivity index (χ3v) is 0.903. The third kappa shape index (κ3) is 3.61. The second-order valence-electron chi connectivity index (χ2n) is 1.56. The smallest absolute Gasteiger partial charge is 0.294 e. The van der Waals surface area contributed by atoms with Gasteiger partial charge in [0.1, 0.15) is 6.73 Å². The van der Waals surface area contributed by atoms with Gasteiger partial charge in [-0.3, -0.25) is 9.69 Å². The Morgan fingerprint density at radius 1 is 1.75 bits per heavy atom. The maximum Gasteiger partial charge on any atom is 0.294 e. The highest BCUT2D eigenvalue weighted by Gasteiger charge is 1.89. The number of carbonyl (C=O) groups excluding carboxylic acids is 1. The normalized spacial score (nSPS) is 9.38. The number of rotatable bonds is 4. The fraction of sp³-hybridized carbons (Fsp3) is 0.800. The van der Waals surface area contributed by atoms with Gasteiger partial charge in [0.25, 0.3) is 6.47 Å². The van der Waals surface area contributed by atoms with Crippen LogP contribution in [-0.4, -0.2) is 31.7 Å². The molecule has 0 amide bonds. The molecule has 0 rings (SSSR count). The van der Waals surface area contributed by atoms with E-state index in [1.54, 1.807) is 0 Å². The first-order valence-electron chi connectivity index (χ1n) is 2.55. The minimum atomic E-state index is 0.389. The molecule has 0 aromatic heterocycles. The molecule has 8 heavy (non-hydrogen) atoms. The highest BCUT2D eigenvalue weighted by molar-refractivity contribution is 5.36. The molecule has 0 saturated heterocycles. The topological polar surface area (TPSA) is 29.5 Å². The molecule has 0 aliphatic rings. The van der Waals surface area contributed by atoms with Crippen molar-refractivity contribution in [2.24, 2.45) is 0 Å². The van der Waals surface area contributed by atoms with E-state index in [-0.39, 0.29) is 0 Å². The molecule has 0 saturated carbocycles. The summed E-state index contributed by atoms with van der Waals surface area (Å²) in [5, 5.41) is 0. The molecule has 0 spiro atoms. The lowest BCUT2D eigenvalue weighted by atomic mass is 10.7. The Hall–Kier alpha value is -0.570. The summed E-state index contributed by atoms with van der Waals surface area (Å²) in [5.41, 5.74) is 0. The summed E-state index contributed by atoms with van der Waals surface area (Å²) >= 11 is 0. The van der Waals surface area contributed by atoms with Gasteiger partial charge in [0.15, 0.2) is 0 Å². The first-order valence-corrected chi connectivity index (χ1v) is 2.55. The summed E-state index contributed by atoms with van der Waals surface area (Å²) < 4.78 is 4.43. The second kappa shape index (κ2) is 4.59. The Bertz CT molecular complexity index is 65.4. The molecule has 0 fully saturated rings. The van der Waals surface area contributed by atoms with Crippen LogP contribution in [0.3, 0.4) is 0 Å². The van der Waals surface area contributed by atoms with Gasteiger partial charge in [-0.1, -0.05) is 6.92 Å². The lowest BCUT2D eigenvalue weighted by molar-refractivity contribution is -0.132. The van der Waals surface area contributed by atoms with Crippen molar-refractivity contribution in [3.8, 4) is 0 Å². The summed E-state index contributed by atoms with van der Waals surface area (Å²) in [6.07, 6.45) is 0. The molecule has 3 heteroatoms. The average Bonchev–Trinajstić information content (AvgIpc) is 1.83. The van der Waals surface area contributed by atoms with Crippen LogP contribution < -0.4 is 0 Å². The van der Waals surface area contributed by atoms with Crippen molar-refractivity contribution in [1.82, 2.24) is 4.90 Å². The van der Waals surface area contributed by atoms with E-state index < -0.39 is 0 Å². The van der Waals surface area contributed by atoms with Gasteiger partial charge in [-0.15, -0.1) is 0 Å². The molecule has 0 atom stereocenters. The van der Waals surface area contributed by atoms with Gasteiger partial charge in [0.2, 0.25) is 0 Å². The van der Waals surface area contributed by atoms with Crippen LogP contribution in [0.15, 0.2) is 0 Å². The highest BCUT2D eigenvalue weighted by Crippen LogP contribution is 1.77. The van der Waals surface area contributed by atoms with E-state index in [2.05, 4.69) is 4.74 Å². The lowest BCUT2D eigenvalue weighted by Crippen LogP contribution is -2.20. The Balaban J connectivity index is 2.97. The average molecular weight is 117 g/mol. The SMILES string of the molecule is CCN(C)COC=O. The van der Waals surface area contributed by atoms with Crippen molar-refractivity contribution in [2.45, 2.75) is 6.92 Å². The van der Waals surface area contributed by atoms with Crippen molar-refractivity contribution in [2.75, 3.05) is 20.3 Å². The predicted molar refractivity (Wildman–Crippen MR) is 30.3 cm³/mol. The maximum absolute atomic E-state index is 9.58. The Morgan fingerprint density at radius 2 is 2.38 bits per heavy atom. The monoisotopic (exact) mass is 117 g/mol. The highest BCUT2D eigenvalue weighted by atomic mass is 16.5. The van der Waals surface area contributed by atoms with Crippen LogP contribution in [0.2, 0.25) is 0 Å². The van der Waals surface area contributed by atoms with Crippen LogP contribution in [0.25, 0.3) is 0 Å². The zero-order valence-electron chi connectivity index (χ0n) is 5.26. The largest absolute Gasteiger partial charge is 0.452 e. The van der Waals surface area contributed by atoms with Gasteiger partial charge >= 0.3 is 0 Å². The Morgan fingerprint density at radius 3 is 2.75 bits per heavy atom. The molecular formula is C5H11NO2. The second-order valence-corrected chi connectivity index (χ2v) is 1.56. The summed E-state index contributed by atoms with van der Waals surface area (Å²) in [6.45, 7) is 3.73.